The summed E-state index contributed by atoms with van der Waals surface area (Å²) in [6, 6.07) is 0. The van der Waals surface area contributed by atoms with Gasteiger partial charge in [-0.25, -0.2) is 4.99 Å². The number of guanidine groups is 1. The predicted octanol–water partition coefficient (Wildman–Crippen LogP) is 0.692. The molecule has 6 nitrogen and oxygen atoms in total. The van der Waals surface area contributed by atoms with Crippen LogP contribution in [0.15, 0.2) is 9.52 Å². The molecule has 1 aliphatic heterocycles. The van der Waals surface area contributed by atoms with Crippen molar-refractivity contribution in [1.82, 2.24) is 10.1 Å². The van der Waals surface area contributed by atoms with Crippen LogP contribution in [-0.2, 0) is 17.7 Å². The second kappa shape index (κ2) is 5.86. The van der Waals surface area contributed by atoms with E-state index in [0.29, 0.717) is 25.7 Å². The largest absolute Gasteiger partial charge is 0.378 e. The summed E-state index contributed by atoms with van der Waals surface area (Å²) in [6.07, 6.45) is 0.847. The smallest absolute Gasteiger partial charge is 0.191 e. The zero-order chi connectivity index (χ0) is 13.0. The van der Waals surface area contributed by atoms with E-state index in [1.165, 1.54) is 0 Å². The van der Waals surface area contributed by atoms with Crippen molar-refractivity contribution in [1.29, 1.82) is 0 Å². The Morgan fingerprint density at radius 3 is 2.83 bits per heavy atom. The molecule has 1 saturated heterocycles. The number of rotatable bonds is 3. The van der Waals surface area contributed by atoms with Gasteiger partial charge in [-0.3, -0.25) is 0 Å². The maximum atomic E-state index is 5.98. The number of hydrogen-bond acceptors (Lipinski definition) is 4. The number of ether oxygens (including phenoxy) is 1. The molecule has 0 aliphatic carbocycles. The van der Waals surface area contributed by atoms with Gasteiger partial charge < -0.3 is 19.9 Å². The first kappa shape index (κ1) is 12.9. The van der Waals surface area contributed by atoms with Gasteiger partial charge in [-0.1, -0.05) is 12.1 Å². The van der Waals surface area contributed by atoms with Crippen LogP contribution in [0.2, 0.25) is 0 Å². The van der Waals surface area contributed by atoms with E-state index in [-0.39, 0.29) is 0 Å². The first-order valence-corrected chi connectivity index (χ1v) is 6.29. The van der Waals surface area contributed by atoms with E-state index in [9.17, 15) is 0 Å². The van der Waals surface area contributed by atoms with Crippen LogP contribution in [0.25, 0.3) is 0 Å². The molecule has 2 N–H and O–H groups in total. The van der Waals surface area contributed by atoms with Crippen LogP contribution in [0.4, 0.5) is 0 Å². The molecule has 18 heavy (non-hydrogen) atoms. The van der Waals surface area contributed by atoms with Crippen molar-refractivity contribution in [2.75, 3.05) is 26.3 Å². The van der Waals surface area contributed by atoms with Crippen LogP contribution in [-0.4, -0.2) is 42.3 Å². The molecule has 0 radical (unpaired) electrons. The highest BCUT2D eigenvalue weighted by Gasteiger charge is 2.14. The van der Waals surface area contributed by atoms with E-state index in [1.54, 1.807) is 0 Å². The maximum Gasteiger partial charge on any atom is 0.191 e. The second-order valence-electron chi connectivity index (χ2n) is 4.29. The molecule has 6 heteroatoms. The molecule has 1 aromatic heterocycles. The first-order chi connectivity index (χ1) is 8.72. The fourth-order valence-electron chi connectivity index (χ4n) is 1.97. The average Bonchev–Trinajstić information content (AvgIpc) is 2.77. The van der Waals surface area contributed by atoms with Gasteiger partial charge in [0.25, 0.3) is 0 Å². The molecule has 1 aromatic rings. The second-order valence-corrected chi connectivity index (χ2v) is 4.29. The third kappa shape index (κ3) is 2.81. The molecule has 0 bridgehead atoms. The summed E-state index contributed by atoms with van der Waals surface area (Å²) >= 11 is 0. The molecule has 0 atom stereocenters. The average molecular weight is 252 g/mol. The number of hydrogen-bond donors (Lipinski definition) is 1. The van der Waals surface area contributed by atoms with Crippen molar-refractivity contribution in [3.05, 3.63) is 17.0 Å². The van der Waals surface area contributed by atoms with E-state index in [4.69, 9.17) is 15.0 Å². The Balaban J connectivity index is 2.02. The van der Waals surface area contributed by atoms with E-state index >= 15 is 0 Å². The van der Waals surface area contributed by atoms with Crippen LogP contribution in [0.1, 0.15) is 23.9 Å². The topological polar surface area (TPSA) is 76.9 Å². The predicted molar refractivity (Wildman–Crippen MR) is 68.3 cm³/mol. The summed E-state index contributed by atoms with van der Waals surface area (Å²) in [5.74, 6) is 1.39. The van der Waals surface area contributed by atoms with E-state index in [1.807, 2.05) is 11.8 Å². The van der Waals surface area contributed by atoms with Gasteiger partial charge >= 0.3 is 0 Å². The zero-order valence-electron chi connectivity index (χ0n) is 11.0. The van der Waals surface area contributed by atoms with Gasteiger partial charge in [-0.15, -0.1) is 0 Å². The quantitative estimate of drug-likeness (QED) is 0.632. The summed E-state index contributed by atoms with van der Waals surface area (Å²) in [7, 11) is 0. The Morgan fingerprint density at radius 1 is 1.44 bits per heavy atom. The van der Waals surface area contributed by atoms with Crippen molar-refractivity contribution >= 4 is 5.96 Å². The highest BCUT2D eigenvalue weighted by Crippen LogP contribution is 2.15. The molecule has 100 valence electrons. The van der Waals surface area contributed by atoms with E-state index < -0.39 is 0 Å². The van der Waals surface area contributed by atoms with Gasteiger partial charge in [0.05, 0.1) is 25.5 Å². The Morgan fingerprint density at radius 2 is 2.17 bits per heavy atom. The summed E-state index contributed by atoms with van der Waals surface area (Å²) in [6.45, 7) is 7.52. The Bertz CT molecular complexity index is 422. The summed E-state index contributed by atoms with van der Waals surface area (Å²) < 4.78 is 10.4. The van der Waals surface area contributed by atoms with Crippen molar-refractivity contribution in [2.45, 2.75) is 26.8 Å². The highest BCUT2D eigenvalue weighted by molar-refractivity contribution is 5.78. The minimum Gasteiger partial charge on any atom is -0.378 e. The fraction of sp³-hybridized carbons (Fsp3) is 0.667. The van der Waals surface area contributed by atoms with Crippen molar-refractivity contribution in [2.24, 2.45) is 10.7 Å². The SMILES string of the molecule is CCc1noc(C)c1CN=C(N)N1CCOCC1. The fourth-order valence-corrected chi connectivity index (χ4v) is 1.97. The molecular weight excluding hydrogens is 232 g/mol. The minimum atomic E-state index is 0.529. The molecule has 0 unspecified atom stereocenters. The Hall–Kier alpha value is -1.56. The lowest BCUT2D eigenvalue weighted by molar-refractivity contribution is 0.0674. The van der Waals surface area contributed by atoms with Crippen LogP contribution < -0.4 is 5.73 Å². The molecule has 2 heterocycles. The van der Waals surface area contributed by atoms with Gasteiger partial charge in [-0.2, -0.15) is 0 Å². The van der Waals surface area contributed by atoms with Crippen LogP contribution in [0.3, 0.4) is 0 Å². The third-order valence-corrected chi connectivity index (χ3v) is 3.14. The summed E-state index contributed by atoms with van der Waals surface area (Å²) in [5.41, 5.74) is 7.99. The summed E-state index contributed by atoms with van der Waals surface area (Å²) in [4.78, 5) is 6.46. The normalized spacial score (nSPS) is 17.2. The molecule has 0 amide bonds. The molecule has 1 aliphatic rings. The number of aromatic nitrogens is 1. The lowest BCUT2D eigenvalue weighted by Gasteiger charge is -2.27. The van der Waals surface area contributed by atoms with Crippen LogP contribution >= 0.6 is 0 Å². The Kier molecular flexibility index (Phi) is 4.19. The number of aliphatic imine (C=N–C) groups is 1. The first-order valence-electron chi connectivity index (χ1n) is 6.29. The maximum absolute atomic E-state index is 5.98. The Labute approximate surface area is 107 Å². The van der Waals surface area contributed by atoms with Crippen molar-refractivity contribution in [3.8, 4) is 0 Å². The molecular formula is C12H20N4O2. The molecule has 0 aromatic carbocycles. The number of nitrogens with two attached hydrogens (primary N) is 1. The zero-order valence-corrected chi connectivity index (χ0v) is 11.0. The van der Waals surface area contributed by atoms with Crippen molar-refractivity contribution in [3.63, 3.8) is 0 Å². The molecule has 2 rings (SSSR count). The number of nitrogens with zero attached hydrogens (tertiary/aromatic N) is 3. The van der Waals surface area contributed by atoms with Gasteiger partial charge in [-0.05, 0) is 13.3 Å². The lowest BCUT2D eigenvalue weighted by atomic mass is 10.1. The third-order valence-electron chi connectivity index (χ3n) is 3.14. The van der Waals surface area contributed by atoms with Crippen LogP contribution in [0.5, 0.6) is 0 Å². The highest BCUT2D eigenvalue weighted by atomic mass is 16.5. The lowest BCUT2D eigenvalue weighted by Crippen LogP contribution is -2.44. The van der Waals surface area contributed by atoms with E-state index in [2.05, 4.69) is 17.1 Å². The number of aryl methyl sites for hydroxylation is 2. The molecule has 1 fully saturated rings. The van der Waals surface area contributed by atoms with Crippen molar-refractivity contribution < 1.29 is 9.26 Å². The van der Waals surface area contributed by atoms with Gasteiger partial charge in [0.1, 0.15) is 5.76 Å². The number of morpholine rings is 1. The molecule has 0 spiro atoms. The minimum absolute atomic E-state index is 0.529. The van der Waals surface area contributed by atoms with Gasteiger partial charge in [0.2, 0.25) is 0 Å². The van der Waals surface area contributed by atoms with E-state index in [0.717, 1.165) is 36.5 Å². The van der Waals surface area contributed by atoms with Gasteiger partial charge in [0.15, 0.2) is 5.96 Å². The van der Waals surface area contributed by atoms with Gasteiger partial charge in [0, 0.05) is 18.7 Å². The van der Waals surface area contributed by atoms with Crippen LogP contribution in [0, 0.1) is 6.92 Å². The monoisotopic (exact) mass is 252 g/mol. The molecule has 0 saturated carbocycles. The summed E-state index contributed by atoms with van der Waals surface area (Å²) in [5, 5.41) is 4.01. The standard InChI is InChI=1S/C12H20N4O2/c1-3-11-10(9(2)18-15-11)8-14-12(13)16-4-6-17-7-5-16/h3-8H2,1-2H3,(H2,13,14).